The number of hydrogen-bond acceptors (Lipinski definition) is 4. The summed E-state index contributed by atoms with van der Waals surface area (Å²) in [6, 6.07) is 4.74. The van der Waals surface area contributed by atoms with Crippen molar-refractivity contribution in [1.29, 1.82) is 0 Å². The SMILES string of the molecule is O=C(Nc1ccc(Cl)cc1Cl)OCC1OCCO1. The maximum absolute atomic E-state index is 11.5. The van der Waals surface area contributed by atoms with Crippen molar-refractivity contribution < 1.29 is 19.0 Å². The highest BCUT2D eigenvalue weighted by Gasteiger charge is 2.18. The lowest BCUT2D eigenvalue weighted by Crippen LogP contribution is -2.22. The normalized spacial score (nSPS) is 15.7. The molecule has 0 spiro atoms. The van der Waals surface area contributed by atoms with Crippen molar-refractivity contribution in [3.63, 3.8) is 0 Å². The van der Waals surface area contributed by atoms with Crippen molar-refractivity contribution in [1.82, 2.24) is 0 Å². The van der Waals surface area contributed by atoms with Crippen LogP contribution in [0.15, 0.2) is 18.2 Å². The average molecular weight is 292 g/mol. The van der Waals surface area contributed by atoms with Gasteiger partial charge in [0.25, 0.3) is 0 Å². The molecule has 5 nitrogen and oxygen atoms in total. The maximum Gasteiger partial charge on any atom is 0.411 e. The van der Waals surface area contributed by atoms with Gasteiger partial charge in [0.15, 0.2) is 6.29 Å². The lowest BCUT2D eigenvalue weighted by atomic mass is 10.3. The van der Waals surface area contributed by atoms with Gasteiger partial charge in [-0.25, -0.2) is 4.79 Å². The molecule has 2 rings (SSSR count). The maximum atomic E-state index is 11.5. The first kappa shape index (κ1) is 13.4. The summed E-state index contributed by atoms with van der Waals surface area (Å²) >= 11 is 11.6. The minimum atomic E-state index is -0.627. The van der Waals surface area contributed by atoms with Crippen LogP contribution in [0.1, 0.15) is 0 Å². The van der Waals surface area contributed by atoms with Crippen LogP contribution in [0.5, 0.6) is 0 Å². The van der Waals surface area contributed by atoms with E-state index in [0.717, 1.165) is 0 Å². The molecule has 1 amide bonds. The molecular weight excluding hydrogens is 281 g/mol. The number of anilines is 1. The molecule has 1 aromatic rings. The molecule has 0 bridgehead atoms. The van der Waals surface area contributed by atoms with Gasteiger partial charge < -0.3 is 14.2 Å². The Morgan fingerprint density at radius 1 is 1.39 bits per heavy atom. The fraction of sp³-hybridized carbons (Fsp3) is 0.364. The van der Waals surface area contributed by atoms with Crippen molar-refractivity contribution in [2.45, 2.75) is 6.29 Å². The Balaban J connectivity index is 1.82. The lowest BCUT2D eigenvalue weighted by Gasteiger charge is -2.11. The minimum absolute atomic E-state index is 0.0387. The number of carbonyl (C=O) groups excluding carboxylic acids is 1. The van der Waals surface area contributed by atoms with Crippen molar-refractivity contribution in [2.75, 3.05) is 25.1 Å². The summed E-state index contributed by atoms with van der Waals surface area (Å²) in [6.07, 6.45) is -1.12. The molecule has 1 aromatic carbocycles. The van der Waals surface area contributed by atoms with Crippen LogP contribution in [0.3, 0.4) is 0 Å². The van der Waals surface area contributed by atoms with Crippen LogP contribution < -0.4 is 5.32 Å². The van der Waals surface area contributed by atoms with Crippen LogP contribution in [0.25, 0.3) is 0 Å². The Labute approximate surface area is 114 Å². The Kier molecular flexibility index (Phi) is 4.66. The second kappa shape index (κ2) is 6.24. The van der Waals surface area contributed by atoms with Gasteiger partial charge in [-0.2, -0.15) is 0 Å². The number of ether oxygens (including phenoxy) is 3. The second-order valence-corrected chi connectivity index (χ2v) is 4.36. The molecule has 18 heavy (non-hydrogen) atoms. The molecule has 1 aliphatic heterocycles. The van der Waals surface area contributed by atoms with E-state index in [0.29, 0.717) is 28.9 Å². The fourth-order valence-electron chi connectivity index (χ4n) is 1.38. The van der Waals surface area contributed by atoms with E-state index < -0.39 is 12.4 Å². The topological polar surface area (TPSA) is 56.8 Å². The zero-order valence-corrected chi connectivity index (χ0v) is 10.8. The molecule has 0 radical (unpaired) electrons. The molecule has 1 saturated heterocycles. The van der Waals surface area contributed by atoms with Crippen LogP contribution in [-0.4, -0.2) is 32.2 Å². The van der Waals surface area contributed by atoms with E-state index in [-0.39, 0.29) is 6.61 Å². The third-order valence-electron chi connectivity index (χ3n) is 2.21. The smallest absolute Gasteiger partial charge is 0.411 e. The highest BCUT2D eigenvalue weighted by Crippen LogP contribution is 2.25. The summed E-state index contributed by atoms with van der Waals surface area (Å²) in [6.45, 7) is 1.06. The first-order valence-corrected chi connectivity index (χ1v) is 6.03. The van der Waals surface area contributed by atoms with Gasteiger partial charge in [0.1, 0.15) is 6.61 Å². The Hall–Kier alpha value is -1.01. The number of carbonyl (C=O) groups is 1. The quantitative estimate of drug-likeness (QED) is 0.930. The third kappa shape index (κ3) is 3.74. The third-order valence-corrected chi connectivity index (χ3v) is 2.76. The van der Waals surface area contributed by atoms with Gasteiger partial charge >= 0.3 is 6.09 Å². The zero-order chi connectivity index (χ0) is 13.0. The fourth-order valence-corrected chi connectivity index (χ4v) is 1.84. The molecule has 0 aliphatic carbocycles. The van der Waals surface area contributed by atoms with Crippen LogP contribution in [0, 0.1) is 0 Å². The zero-order valence-electron chi connectivity index (χ0n) is 9.32. The summed E-state index contributed by atoms with van der Waals surface area (Å²) in [5.74, 6) is 0. The summed E-state index contributed by atoms with van der Waals surface area (Å²) in [5, 5.41) is 3.33. The van der Waals surface area contributed by atoms with E-state index in [1.54, 1.807) is 12.1 Å². The predicted molar refractivity (Wildman–Crippen MR) is 67.1 cm³/mol. The predicted octanol–water partition coefficient (Wildman–Crippen LogP) is 2.91. The molecule has 1 fully saturated rings. The molecule has 0 saturated carbocycles. The van der Waals surface area contributed by atoms with E-state index in [1.807, 2.05) is 0 Å². The number of benzene rings is 1. The highest BCUT2D eigenvalue weighted by atomic mass is 35.5. The second-order valence-electron chi connectivity index (χ2n) is 3.52. The van der Waals surface area contributed by atoms with Gasteiger partial charge in [-0.05, 0) is 18.2 Å². The van der Waals surface area contributed by atoms with Gasteiger partial charge in [-0.15, -0.1) is 0 Å². The molecule has 1 heterocycles. The number of nitrogens with one attached hydrogen (secondary N) is 1. The van der Waals surface area contributed by atoms with Crippen LogP contribution in [-0.2, 0) is 14.2 Å². The molecule has 98 valence electrons. The largest absolute Gasteiger partial charge is 0.444 e. The number of hydrogen-bond donors (Lipinski definition) is 1. The van der Waals surface area contributed by atoms with Gasteiger partial charge in [-0.3, -0.25) is 5.32 Å². The van der Waals surface area contributed by atoms with Crippen molar-refractivity contribution in [3.05, 3.63) is 28.2 Å². The average Bonchev–Trinajstić information content (AvgIpc) is 2.83. The van der Waals surface area contributed by atoms with E-state index in [9.17, 15) is 4.79 Å². The van der Waals surface area contributed by atoms with E-state index in [1.165, 1.54) is 6.07 Å². The van der Waals surface area contributed by atoms with Crippen LogP contribution >= 0.6 is 23.2 Å². The monoisotopic (exact) mass is 291 g/mol. The molecule has 0 aromatic heterocycles. The number of amides is 1. The van der Waals surface area contributed by atoms with Gasteiger partial charge in [0, 0.05) is 5.02 Å². The Bertz CT molecular complexity index is 435. The van der Waals surface area contributed by atoms with Crippen molar-refractivity contribution in [2.24, 2.45) is 0 Å². The van der Waals surface area contributed by atoms with Gasteiger partial charge in [0.05, 0.1) is 23.9 Å². The summed E-state index contributed by atoms with van der Waals surface area (Å²) < 4.78 is 15.2. The molecular formula is C11H11Cl2NO4. The van der Waals surface area contributed by atoms with Gasteiger partial charge in [-0.1, -0.05) is 23.2 Å². The molecule has 1 aliphatic rings. The lowest BCUT2D eigenvalue weighted by molar-refractivity contribution is -0.0759. The van der Waals surface area contributed by atoms with Crippen LogP contribution in [0.2, 0.25) is 10.0 Å². The number of rotatable bonds is 3. The van der Waals surface area contributed by atoms with Crippen molar-refractivity contribution >= 4 is 35.0 Å². The molecule has 0 unspecified atom stereocenters. The summed E-state index contributed by atoms with van der Waals surface area (Å²) in [5.41, 5.74) is 0.430. The first-order chi connectivity index (χ1) is 8.65. The molecule has 7 heteroatoms. The molecule has 1 N–H and O–H groups in total. The Morgan fingerprint density at radius 3 is 2.78 bits per heavy atom. The van der Waals surface area contributed by atoms with Gasteiger partial charge in [0.2, 0.25) is 0 Å². The standard InChI is InChI=1S/C11H11Cl2NO4/c12-7-1-2-9(8(13)5-7)14-11(15)18-6-10-16-3-4-17-10/h1-2,5,10H,3-4,6H2,(H,14,15). The van der Waals surface area contributed by atoms with Crippen LogP contribution in [0.4, 0.5) is 10.5 Å². The Morgan fingerprint density at radius 2 is 2.11 bits per heavy atom. The minimum Gasteiger partial charge on any atom is -0.444 e. The summed E-state index contributed by atoms with van der Waals surface area (Å²) in [7, 11) is 0. The van der Waals surface area contributed by atoms with E-state index in [4.69, 9.17) is 37.4 Å². The van der Waals surface area contributed by atoms with E-state index in [2.05, 4.69) is 5.32 Å². The van der Waals surface area contributed by atoms with Crippen molar-refractivity contribution in [3.8, 4) is 0 Å². The highest BCUT2D eigenvalue weighted by molar-refractivity contribution is 6.36. The van der Waals surface area contributed by atoms with E-state index >= 15 is 0 Å². The first-order valence-electron chi connectivity index (χ1n) is 5.27. The molecule has 0 atom stereocenters. The number of halogens is 2. The summed E-state index contributed by atoms with van der Waals surface area (Å²) in [4.78, 5) is 11.5.